The molecule has 0 aliphatic carbocycles. The van der Waals surface area contributed by atoms with Gasteiger partial charge in [-0.1, -0.05) is 0 Å². The summed E-state index contributed by atoms with van der Waals surface area (Å²) in [5.41, 5.74) is 1.70. The number of aromatic nitrogens is 3. The van der Waals surface area contributed by atoms with Gasteiger partial charge in [0.05, 0.1) is 12.3 Å². The number of hydrogen-bond donors (Lipinski definition) is 1. The van der Waals surface area contributed by atoms with E-state index in [0.29, 0.717) is 18.0 Å². The number of anilines is 1. The maximum Gasteiger partial charge on any atom is 0.267 e. The molecule has 0 saturated heterocycles. The first-order chi connectivity index (χ1) is 12.7. The second-order valence-corrected chi connectivity index (χ2v) is 5.46. The van der Waals surface area contributed by atoms with Crippen LogP contribution in [-0.2, 0) is 11.3 Å². The fourth-order valence-corrected chi connectivity index (χ4v) is 2.38. The summed E-state index contributed by atoms with van der Waals surface area (Å²) in [5, 5.41) is 6.99. The van der Waals surface area contributed by atoms with Crippen LogP contribution in [0.25, 0.3) is 11.3 Å². The lowest BCUT2D eigenvalue weighted by Crippen LogP contribution is -2.29. The number of rotatable bonds is 6. The minimum absolute atomic E-state index is 0.175. The Bertz CT molecular complexity index is 937. The molecule has 7 heteroatoms. The van der Waals surface area contributed by atoms with E-state index in [0.717, 1.165) is 16.0 Å². The summed E-state index contributed by atoms with van der Waals surface area (Å²) in [6.45, 7) is 2.34. The molecule has 0 aliphatic rings. The van der Waals surface area contributed by atoms with Crippen molar-refractivity contribution in [1.29, 1.82) is 0 Å². The largest absolute Gasteiger partial charge is 0.494 e. The van der Waals surface area contributed by atoms with E-state index in [4.69, 9.17) is 4.74 Å². The minimum atomic E-state index is -0.343. The van der Waals surface area contributed by atoms with Crippen LogP contribution in [0.15, 0.2) is 65.7 Å². The lowest BCUT2D eigenvalue weighted by Gasteiger charge is -2.09. The van der Waals surface area contributed by atoms with E-state index in [1.165, 1.54) is 6.07 Å². The summed E-state index contributed by atoms with van der Waals surface area (Å²) in [6.07, 6.45) is 3.15. The molecule has 0 saturated carbocycles. The highest BCUT2D eigenvalue weighted by Crippen LogP contribution is 2.19. The van der Waals surface area contributed by atoms with Crippen LogP contribution >= 0.6 is 0 Å². The van der Waals surface area contributed by atoms with E-state index in [2.05, 4.69) is 15.4 Å². The number of pyridine rings is 1. The maximum atomic E-state index is 12.2. The summed E-state index contributed by atoms with van der Waals surface area (Å²) in [7, 11) is 0. The number of benzene rings is 1. The van der Waals surface area contributed by atoms with Gasteiger partial charge in [-0.05, 0) is 49.4 Å². The van der Waals surface area contributed by atoms with E-state index in [1.54, 1.807) is 30.6 Å². The van der Waals surface area contributed by atoms with Crippen LogP contribution in [0, 0.1) is 0 Å². The Morgan fingerprint density at radius 1 is 1.08 bits per heavy atom. The molecule has 1 amide bonds. The van der Waals surface area contributed by atoms with E-state index >= 15 is 0 Å². The highest BCUT2D eigenvalue weighted by atomic mass is 16.5. The molecule has 3 rings (SSSR count). The van der Waals surface area contributed by atoms with Crippen LogP contribution in [0.4, 0.5) is 5.69 Å². The third kappa shape index (κ3) is 4.32. The molecule has 0 radical (unpaired) electrons. The topological polar surface area (TPSA) is 86.1 Å². The van der Waals surface area contributed by atoms with Crippen LogP contribution in [0.1, 0.15) is 6.92 Å². The predicted molar refractivity (Wildman–Crippen MR) is 98.0 cm³/mol. The fraction of sp³-hybridized carbons (Fsp3) is 0.158. The monoisotopic (exact) mass is 350 g/mol. The molecule has 0 aliphatic heterocycles. The summed E-state index contributed by atoms with van der Waals surface area (Å²) in [6, 6.07) is 13.8. The lowest BCUT2D eigenvalue weighted by molar-refractivity contribution is -0.117. The van der Waals surface area contributed by atoms with E-state index in [-0.39, 0.29) is 18.0 Å². The molecule has 0 unspecified atom stereocenters. The van der Waals surface area contributed by atoms with Gasteiger partial charge in [0.15, 0.2) is 0 Å². The van der Waals surface area contributed by atoms with Crippen molar-refractivity contribution < 1.29 is 9.53 Å². The standard InChI is InChI=1S/C19H18N4O3/c1-2-26-16-5-3-14(4-6-16)17-7-8-19(25)23(22-17)13-18(24)21-15-9-11-20-12-10-15/h3-12H,2,13H2,1H3,(H,20,21,24). The smallest absolute Gasteiger partial charge is 0.267 e. The first kappa shape index (κ1) is 17.3. The summed E-state index contributed by atoms with van der Waals surface area (Å²) in [5.74, 6) is 0.427. The predicted octanol–water partition coefficient (Wildman–Crippen LogP) is 2.34. The quantitative estimate of drug-likeness (QED) is 0.737. The molecule has 0 fully saturated rings. The number of amides is 1. The zero-order valence-corrected chi connectivity index (χ0v) is 14.3. The van der Waals surface area contributed by atoms with Gasteiger partial charge in [0.1, 0.15) is 12.3 Å². The SMILES string of the molecule is CCOc1ccc(-c2ccc(=O)n(CC(=O)Nc3ccncc3)n2)cc1. The zero-order valence-electron chi connectivity index (χ0n) is 14.3. The van der Waals surface area contributed by atoms with Crippen LogP contribution in [0.2, 0.25) is 0 Å². The van der Waals surface area contributed by atoms with Crippen molar-refractivity contribution in [3.05, 3.63) is 71.3 Å². The first-order valence-corrected chi connectivity index (χ1v) is 8.17. The Kier molecular flexibility index (Phi) is 5.38. The molecule has 1 aromatic carbocycles. The molecule has 1 N–H and O–H groups in total. The van der Waals surface area contributed by atoms with Crippen molar-refractivity contribution in [1.82, 2.24) is 14.8 Å². The number of nitrogens with zero attached hydrogens (tertiary/aromatic N) is 3. The molecule has 2 aromatic heterocycles. The zero-order chi connectivity index (χ0) is 18.4. The van der Waals surface area contributed by atoms with Crippen molar-refractivity contribution in [3.8, 4) is 17.0 Å². The average molecular weight is 350 g/mol. The number of carbonyl (C=O) groups is 1. The van der Waals surface area contributed by atoms with Gasteiger partial charge in [-0.15, -0.1) is 0 Å². The Morgan fingerprint density at radius 3 is 2.50 bits per heavy atom. The van der Waals surface area contributed by atoms with Crippen molar-refractivity contribution in [3.63, 3.8) is 0 Å². The summed E-state index contributed by atoms with van der Waals surface area (Å²) in [4.78, 5) is 28.1. The van der Waals surface area contributed by atoms with E-state index < -0.39 is 0 Å². The third-order valence-electron chi connectivity index (χ3n) is 3.59. The third-order valence-corrected chi connectivity index (χ3v) is 3.59. The lowest BCUT2D eigenvalue weighted by atomic mass is 10.1. The van der Waals surface area contributed by atoms with Crippen LogP contribution in [-0.4, -0.2) is 27.3 Å². The molecule has 0 bridgehead atoms. The number of carbonyl (C=O) groups excluding carboxylic acids is 1. The normalized spacial score (nSPS) is 10.3. The Hall–Kier alpha value is -3.48. The molecule has 0 atom stereocenters. The van der Waals surface area contributed by atoms with Gasteiger partial charge < -0.3 is 10.1 Å². The van der Waals surface area contributed by atoms with Gasteiger partial charge in [0, 0.05) is 29.7 Å². The van der Waals surface area contributed by atoms with Crippen molar-refractivity contribution in [2.45, 2.75) is 13.5 Å². The van der Waals surface area contributed by atoms with E-state index in [1.807, 2.05) is 31.2 Å². The first-order valence-electron chi connectivity index (χ1n) is 8.17. The van der Waals surface area contributed by atoms with Gasteiger partial charge in [-0.2, -0.15) is 5.10 Å². The van der Waals surface area contributed by atoms with Crippen LogP contribution in [0.5, 0.6) is 5.75 Å². The van der Waals surface area contributed by atoms with Crippen molar-refractivity contribution in [2.24, 2.45) is 0 Å². The van der Waals surface area contributed by atoms with Gasteiger partial charge in [0.25, 0.3) is 5.56 Å². The highest BCUT2D eigenvalue weighted by Gasteiger charge is 2.08. The van der Waals surface area contributed by atoms with E-state index in [9.17, 15) is 9.59 Å². The molecular weight excluding hydrogens is 332 g/mol. The Balaban J connectivity index is 1.77. The Labute approximate surface area is 150 Å². The molecule has 132 valence electrons. The highest BCUT2D eigenvalue weighted by molar-refractivity contribution is 5.90. The van der Waals surface area contributed by atoms with Crippen molar-refractivity contribution in [2.75, 3.05) is 11.9 Å². The summed E-state index contributed by atoms with van der Waals surface area (Å²) < 4.78 is 6.56. The summed E-state index contributed by atoms with van der Waals surface area (Å²) >= 11 is 0. The molecule has 26 heavy (non-hydrogen) atoms. The number of nitrogens with one attached hydrogen (secondary N) is 1. The molecule has 3 aromatic rings. The molecule has 0 spiro atoms. The number of hydrogen-bond acceptors (Lipinski definition) is 5. The van der Waals surface area contributed by atoms with Gasteiger partial charge in [-0.3, -0.25) is 14.6 Å². The molecule has 7 nitrogen and oxygen atoms in total. The fourth-order valence-electron chi connectivity index (χ4n) is 2.38. The van der Waals surface area contributed by atoms with Crippen LogP contribution in [0.3, 0.4) is 0 Å². The van der Waals surface area contributed by atoms with Gasteiger partial charge in [-0.25, -0.2) is 4.68 Å². The van der Waals surface area contributed by atoms with Gasteiger partial charge in [0.2, 0.25) is 5.91 Å². The minimum Gasteiger partial charge on any atom is -0.494 e. The Morgan fingerprint density at radius 2 is 1.81 bits per heavy atom. The number of ether oxygens (including phenoxy) is 1. The average Bonchev–Trinajstić information content (AvgIpc) is 2.65. The molecular formula is C19H18N4O3. The van der Waals surface area contributed by atoms with Gasteiger partial charge >= 0.3 is 0 Å². The maximum absolute atomic E-state index is 12.2. The van der Waals surface area contributed by atoms with Crippen LogP contribution < -0.4 is 15.6 Å². The second-order valence-electron chi connectivity index (χ2n) is 5.46. The van der Waals surface area contributed by atoms with Crippen molar-refractivity contribution >= 4 is 11.6 Å². The molecule has 2 heterocycles. The second kappa shape index (κ2) is 8.06.